The zero-order chi connectivity index (χ0) is 10.7. The molecule has 0 aliphatic carbocycles. The van der Waals surface area contributed by atoms with Crippen LogP contribution >= 0.6 is 15.9 Å². The minimum absolute atomic E-state index is 0.104. The summed E-state index contributed by atoms with van der Waals surface area (Å²) in [7, 11) is 1.37. The summed E-state index contributed by atoms with van der Waals surface area (Å²) in [4.78, 5) is 3.67. The van der Waals surface area contributed by atoms with Gasteiger partial charge in [0.15, 0.2) is 0 Å². The van der Waals surface area contributed by atoms with Gasteiger partial charge in [-0.3, -0.25) is 0 Å². The molecule has 6 heteroatoms. The zero-order valence-electron chi connectivity index (χ0n) is 7.30. The van der Waals surface area contributed by atoms with Crippen LogP contribution in [0.25, 0.3) is 0 Å². The minimum atomic E-state index is -2.66. The van der Waals surface area contributed by atoms with Crippen molar-refractivity contribution < 1.29 is 18.6 Å². The molecule has 0 bridgehead atoms. The average molecular weight is 268 g/mol. The fourth-order valence-corrected chi connectivity index (χ4v) is 1.63. The summed E-state index contributed by atoms with van der Waals surface area (Å²) in [6.45, 7) is -0.487. The lowest BCUT2D eigenvalue weighted by Gasteiger charge is -2.10. The number of aliphatic hydroxyl groups is 1. The Morgan fingerprint density at radius 2 is 2.29 bits per heavy atom. The quantitative estimate of drug-likeness (QED) is 0.914. The van der Waals surface area contributed by atoms with Gasteiger partial charge in [-0.2, -0.15) is 0 Å². The van der Waals surface area contributed by atoms with E-state index in [2.05, 4.69) is 20.9 Å². The molecular weight excluding hydrogens is 260 g/mol. The van der Waals surface area contributed by atoms with Crippen molar-refractivity contribution in [2.24, 2.45) is 0 Å². The number of ether oxygens (including phenoxy) is 1. The van der Waals surface area contributed by atoms with E-state index in [1.807, 2.05) is 0 Å². The Bertz CT molecular complexity index is 333. The van der Waals surface area contributed by atoms with E-state index in [0.717, 1.165) is 6.20 Å². The van der Waals surface area contributed by atoms with Gasteiger partial charge < -0.3 is 9.84 Å². The number of rotatable bonds is 3. The van der Waals surface area contributed by atoms with Crippen LogP contribution in [0.4, 0.5) is 8.78 Å². The number of hydrogen-bond donors (Lipinski definition) is 1. The number of alkyl halides is 2. The molecule has 0 spiro atoms. The number of nitrogens with zero attached hydrogens (tertiary/aromatic N) is 1. The first kappa shape index (κ1) is 11.3. The zero-order valence-corrected chi connectivity index (χ0v) is 8.88. The van der Waals surface area contributed by atoms with E-state index in [9.17, 15) is 8.78 Å². The van der Waals surface area contributed by atoms with Crippen LogP contribution in [-0.4, -0.2) is 17.2 Å². The van der Waals surface area contributed by atoms with Gasteiger partial charge >= 0.3 is 0 Å². The highest BCUT2D eigenvalue weighted by molar-refractivity contribution is 9.10. The Morgan fingerprint density at radius 1 is 1.64 bits per heavy atom. The van der Waals surface area contributed by atoms with Crippen molar-refractivity contribution in [2.45, 2.75) is 13.0 Å². The van der Waals surface area contributed by atoms with Gasteiger partial charge in [-0.25, -0.2) is 13.8 Å². The van der Waals surface area contributed by atoms with E-state index >= 15 is 0 Å². The minimum Gasteiger partial charge on any atom is -0.480 e. The first-order chi connectivity index (χ1) is 6.61. The standard InChI is InChI=1S/C8H8BrF2NO2/c1-14-8-6(9)5(3-13)4(2-12-8)7(10)11/h2,7,13H,3H2,1H3. The maximum absolute atomic E-state index is 12.4. The van der Waals surface area contributed by atoms with E-state index in [4.69, 9.17) is 9.84 Å². The SMILES string of the molecule is COc1ncc(C(F)F)c(CO)c1Br. The lowest BCUT2D eigenvalue weighted by atomic mass is 10.1. The molecule has 1 rings (SSSR count). The highest BCUT2D eigenvalue weighted by Crippen LogP contribution is 2.33. The van der Waals surface area contributed by atoms with Crippen LogP contribution in [-0.2, 0) is 6.61 Å². The second-order valence-corrected chi connectivity index (χ2v) is 3.27. The summed E-state index contributed by atoms with van der Waals surface area (Å²) < 4.78 is 29.9. The summed E-state index contributed by atoms with van der Waals surface area (Å²) in [5.74, 6) is 0.179. The van der Waals surface area contributed by atoms with E-state index < -0.39 is 13.0 Å². The van der Waals surface area contributed by atoms with Crippen molar-refractivity contribution in [3.05, 3.63) is 21.8 Å². The smallest absolute Gasteiger partial charge is 0.265 e. The number of methoxy groups -OCH3 is 1. The summed E-state index contributed by atoms with van der Waals surface area (Å²) in [5.41, 5.74) is -0.188. The van der Waals surface area contributed by atoms with Crippen molar-refractivity contribution in [3.63, 3.8) is 0 Å². The molecule has 1 N–H and O–H groups in total. The van der Waals surface area contributed by atoms with E-state index in [1.54, 1.807) is 0 Å². The van der Waals surface area contributed by atoms with Gasteiger partial charge in [-0.1, -0.05) is 0 Å². The molecule has 78 valence electrons. The van der Waals surface area contributed by atoms with Gasteiger partial charge in [0, 0.05) is 17.3 Å². The maximum atomic E-state index is 12.4. The molecule has 0 amide bonds. The molecule has 0 aliphatic rings. The molecule has 0 saturated carbocycles. The van der Waals surface area contributed by atoms with Crippen LogP contribution in [0.5, 0.6) is 5.88 Å². The van der Waals surface area contributed by atoms with Crippen LogP contribution < -0.4 is 4.74 Å². The first-order valence-corrected chi connectivity index (χ1v) is 4.51. The predicted molar refractivity (Wildman–Crippen MR) is 49.4 cm³/mol. The van der Waals surface area contributed by atoms with Crippen molar-refractivity contribution in [2.75, 3.05) is 7.11 Å². The Balaban J connectivity index is 3.28. The second kappa shape index (κ2) is 4.65. The van der Waals surface area contributed by atoms with E-state index in [1.165, 1.54) is 7.11 Å². The normalized spacial score (nSPS) is 10.7. The summed E-state index contributed by atoms with van der Waals surface area (Å²) in [6, 6.07) is 0. The number of hydrogen-bond acceptors (Lipinski definition) is 3. The van der Waals surface area contributed by atoms with Crippen LogP contribution in [0.3, 0.4) is 0 Å². The van der Waals surface area contributed by atoms with E-state index in [-0.39, 0.29) is 21.5 Å². The van der Waals surface area contributed by atoms with Crippen LogP contribution in [0.15, 0.2) is 10.7 Å². The molecule has 1 aromatic heterocycles. The first-order valence-electron chi connectivity index (χ1n) is 3.72. The lowest BCUT2D eigenvalue weighted by Crippen LogP contribution is -2.00. The fourth-order valence-electron chi connectivity index (χ4n) is 1.01. The molecule has 3 nitrogen and oxygen atoms in total. The van der Waals surface area contributed by atoms with Crippen molar-refractivity contribution >= 4 is 15.9 Å². The van der Waals surface area contributed by atoms with Crippen LogP contribution in [0, 0.1) is 0 Å². The lowest BCUT2D eigenvalue weighted by molar-refractivity contribution is 0.146. The molecule has 1 heterocycles. The number of aromatic nitrogens is 1. The number of halogens is 3. The van der Waals surface area contributed by atoms with Gasteiger partial charge in [0.1, 0.15) is 0 Å². The number of pyridine rings is 1. The van der Waals surface area contributed by atoms with Gasteiger partial charge in [-0.15, -0.1) is 0 Å². The van der Waals surface area contributed by atoms with Crippen molar-refractivity contribution in [3.8, 4) is 5.88 Å². The van der Waals surface area contributed by atoms with Crippen LogP contribution in [0.1, 0.15) is 17.6 Å². The van der Waals surface area contributed by atoms with E-state index in [0.29, 0.717) is 0 Å². The average Bonchev–Trinajstić information content (AvgIpc) is 2.17. The third kappa shape index (κ3) is 2.01. The summed E-state index contributed by atoms with van der Waals surface area (Å²) >= 11 is 3.04. The predicted octanol–water partition coefficient (Wildman–Crippen LogP) is 2.28. The van der Waals surface area contributed by atoms with Gasteiger partial charge in [0.2, 0.25) is 5.88 Å². The fraction of sp³-hybridized carbons (Fsp3) is 0.375. The Labute approximate surface area is 87.9 Å². The maximum Gasteiger partial charge on any atom is 0.265 e. The highest BCUT2D eigenvalue weighted by Gasteiger charge is 2.18. The van der Waals surface area contributed by atoms with Gasteiger partial charge in [0.05, 0.1) is 18.2 Å². The van der Waals surface area contributed by atoms with Crippen molar-refractivity contribution in [1.82, 2.24) is 4.98 Å². The third-order valence-electron chi connectivity index (χ3n) is 1.71. The second-order valence-electron chi connectivity index (χ2n) is 2.47. The topological polar surface area (TPSA) is 42.4 Å². The Morgan fingerprint density at radius 3 is 2.71 bits per heavy atom. The monoisotopic (exact) mass is 267 g/mol. The highest BCUT2D eigenvalue weighted by atomic mass is 79.9. The molecule has 1 aromatic rings. The van der Waals surface area contributed by atoms with Crippen molar-refractivity contribution in [1.29, 1.82) is 0 Å². The summed E-state index contributed by atoms with van der Waals surface area (Å²) in [6.07, 6.45) is -1.66. The molecule has 0 unspecified atom stereocenters. The molecule has 0 saturated heterocycles. The van der Waals surface area contributed by atoms with Gasteiger partial charge in [-0.05, 0) is 15.9 Å². The molecule has 0 aliphatic heterocycles. The van der Waals surface area contributed by atoms with Crippen LogP contribution in [0.2, 0.25) is 0 Å². The third-order valence-corrected chi connectivity index (χ3v) is 2.53. The molecule has 14 heavy (non-hydrogen) atoms. The molecule has 0 fully saturated rings. The van der Waals surface area contributed by atoms with Gasteiger partial charge in [0.25, 0.3) is 6.43 Å². The molecule has 0 radical (unpaired) electrons. The Hall–Kier alpha value is -0.750. The molecular formula is C8H8BrF2NO2. The Kier molecular flexibility index (Phi) is 3.77. The summed E-state index contributed by atoms with van der Waals surface area (Å²) in [5, 5.41) is 8.92. The molecule has 0 aromatic carbocycles. The largest absolute Gasteiger partial charge is 0.480 e. The number of aliphatic hydroxyl groups excluding tert-OH is 1. The molecule has 0 atom stereocenters.